The number of rotatable bonds is 2. The van der Waals surface area contributed by atoms with Crippen LogP contribution in [0.15, 0.2) is 22.7 Å². The molecule has 0 spiro atoms. The molecule has 0 saturated carbocycles. The molecule has 0 saturated heterocycles. The van der Waals surface area contributed by atoms with Gasteiger partial charge in [-0.25, -0.2) is 18.7 Å². The first kappa shape index (κ1) is 13.4. The Hall–Kier alpha value is -1.07. The van der Waals surface area contributed by atoms with Crippen molar-refractivity contribution in [3.8, 4) is 11.4 Å². The summed E-state index contributed by atoms with van der Waals surface area (Å²) in [7, 11) is 0. The number of halogens is 4. The molecule has 0 radical (unpaired) electrons. The summed E-state index contributed by atoms with van der Waals surface area (Å²) in [4.78, 5) is 8.05. The highest BCUT2D eigenvalue weighted by Gasteiger charge is 2.13. The van der Waals surface area contributed by atoms with Crippen LogP contribution >= 0.6 is 27.5 Å². The maximum absolute atomic E-state index is 13.8. The lowest BCUT2D eigenvalue weighted by atomic mass is 10.2. The average molecular weight is 334 g/mol. The Balaban J connectivity index is 2.61. The van der Waals surface area contributed by atoms with Crippen LogP contribution in [0.4, 0.5) is 8.78 Å². The van der Waals surface area contributed by atoms with Crippen molar-refractivity contribution in [2.45, 2.75) is 13.3 Å². The molecule has 0 N–H and O–H groups in total. The Bertz CT molecular complexity index is 605. The predicted molar refractivity (Wildman–Crippen MR) is 69.5 cm³/mol. The van der Waals surface area contributed by atoms with E-state index in [1.165, 1.54) is 0 Å². The number of aromatic nitrogens is 2. The van der Waals surface area contributed by atoms with E-state index in [4.69, 9.17) is 11.6 Å². The molecular formula is C12H8BrClF2N2. The van der Waals surface area contributed by atoms with Gasteiger partial charge < -0.3 is 0 Å². The molecule has 1 aromatic carbocycles. The molecule has 1 heterocycles. The summed E-state index contributed by atoms with van der Waals surface area (Å²) in [6.07, 6.45) is 0.635. The van der Waals surface area contributed by atoms with Gasteiger partial charge in [0.05, 0.1) is 10.0 Å². The summed E-state index contributed by atoms with van der Waals surface area (Å²) in [5.41, 5.74) is 0.667. The van der Waals surface area contributed by atoms with Crippen molar-refractivity contribution < 1.29 is 8.78 Å². The molecule has 0 bridgehead atoms. The van der Waals surface area contributed by atoms with Crippen molar-refractivity contribution in [3.05, 3.63) is 45.2 Å². The van der Waals surface area contributed by atoms with Crippen molar-refractivity contribution in [2.24, 2.45) is 0 Å². The lowest BCUT2D eigenvalue weighted by Gasteiger charge is -2.06. The van der Waals surface area contributed by atoms with E-state index in [0.717, 1.165) is 12.1 Å². The summed E-state index contributed by atoms with van der Waals surface area (Å²) < 4.78 is 27.2. The number of hydrogen-bond acceptors (Lipinski definition) is 2. The molecule has 2 rings (SSSR count). The van der Waals surface area contributed by atoms with Crippen molar-refractivity contribution in [1.82, 2.24) is 9.97 Å². The Morgan fingerprint density at radius 2 is 1.89 bits per heavy atom. The lowest BCUT2D eigenvalue weighted by Crippen LogP contribution is -1.98. The second-order valence-corrected chi connectivity index (χ2v) is 4.85. The molecule has 94 valence electrons. The van der Waals surface area contributed by atoms with Gasteiger partial charge in [0.1, 0.15) is 16.8 Å². The zero-order valence-electron chi connectivity index (χ0n) is 9.35. The molecule has 18 heavy (non-hydrogen) atoms. The number of hydrogen-bond donors (Lipinski definition) is 0. The van der Waals surface area contributed by atoms with Gasteiger partial charge in [-0.05, 0) is 40.5 Å². The van der Waals surface area contributed by atoms with Gasteiger partial charge in [-0.2, -0.15) is 0 Å². The van der Waals surface area contributed by atoms with E-state index in [-0.39, 0.29) is 21.0 Å². The number of benzene rings is 1. The van der Waals surface area contributed by atoms with E-state index in [2.05, 4.69) is 25.9 Å². The molecule has 0 atom stereocenters. The van der Waals surface area contributed by atoms with Crippen molar-refractivity contribution in [3.63, 3.8) is 0 Å². The van der Waals surface area contributed by atoms with Crippen molar-refractivity contribution in [2.75, 3.05) is 0 Å². The summed E-state index contributed by atoms with van der Waals surface area (Å²) in [5, 5.41) is 0.208. The standard InChI is InChI=1S/C12H8BrClF2N2/c1-2-6-3-11(14)18-12(17-6)7-4-10(16)8(13)5-9(7)15/h3-5H,2H2,1H3. The van der Waals surface area contributed by atoms with E-state index in [0.29, 0.717) is 12.1 Å². The van der Waals surface area contributed by atoms with Gasteiger partial charge in [-0.3, -0.25) is 0 Å². The van der Waals surface area contributed by atoms with E-state index in [1.54, 1.807) is 6.07 Å². The Kier molecular flexibility index (Phi) is 3.92. The van der Waals surface area contributed by atoms with Crippen LogP contribution in [-0.4, -0.2) is 9.97 Å². The van der Waals surface area contributed by atoms with Crippen LogP contribution in [0.3, 0.4) is 0 Å². The second kappa shape index (κ2) is 5.28. The monoisotopic (exact) mass is 332 g/mol. The van der Waals surface area contributed by atoms with Crippen LogP contribution in [-0.2, 0) is 6.42 Å². The third-order valence-corrected chi connectivity index (χ3v) is 3.16. The fraction of sp³-hybridized carbons (Fsp3) is 0.167. The quantitative estimate of drug-likeness (QED) is 0.601. The molecule has 0 amide bonds. The van der Waals surface area contributed by atoms with Gasteiger partial charge in [0.25, 0.3) is 0 Å². The highest BCUT2D eigenvalue weighted by atomic mass is 79.9. The molecule has 0 unspecified atom stereocenters. The first-order valence-corrected chi connectivity index (χ1v) is 6.36. The Morgan fingerprint density at radius 3 is 2.56 bits per heavy atom. The Labute approximate surface area is 116 Å². The first-order chi connectivity index (χ1) is 8.51. The molecule has 0 aliphatic heterocycles. The minimum atomic E-state index is -0.604. The van der Waals surface area contributed by atoms with Crippen molar-refractivity contribution in [1.29, 1.82) is 0 Å². The first-order valence-electron chi connectivity index (χ1n) is 5.19. The summed E-state index contributed by atoms with van der Waals surface area (Å²) in [6.45, 7) is 1.89. The van der Waals surface area contributed by atoms with Gasteiger partial charge in [-0.15, -0.1) is 0 Å². The SMILES string of the molecule is CCc1cc(Cl)nc(-c2cc(F)c(Br)cc2F)n1. The van der Waals surface area contributed by atoms with Gasteiger partial charge in [0, 0.05) is 5.69 Å². The molecule has 2 nitrogen and oxygen atoms in total. The smallest absolute Gasteiger partial charge is 0.164 e. The van der Waals surface area contributed by atoms with Crippen LogP contribution in [0, 0.1) is 11.6 Å². The molecule has 1 aromatic heterocycles. The molecule has 6 heteroatoms. The maximum Gasteiger partial charge on any atom is 0.164 e. The van der Waals surface area contributed by atoms with Gasteiger partial charge in [-0.1, -0.05) is 18.5 Å². The largest absolute Gasteiger partial charge is 0.233 e. The topological polar surface area (TPSA) is 25.8 Å². The van der Waals surface area contributed by atoms with Gasteiger partial charge in [0.15, 0.2) is 5.82 Å². The fourth-order valence-corrected chi connectivity index (χ4v) is 1.98. The van der Waals surface area contributed by atoms with E-state index in [1.807, 2.05) is 6.92 Å². The van der Waals surface area contributed by atoms with Gasteiger partial charge >= 0.3 is 0 Å². The zero-order chi connectivity index (χ0) is 13.3. The highest BCUT2D eigenvalue weighted by molar-refractivity contribution is 9.10. The molecular weight excluding hydrogens is 325 g/mol. The van der Waals surface area contributed by atoms with Crippen LogP contribution in [0.25, 0.3) is 11.4 Å². The minimum absolute atomic E-state index is 0.00657. The average Bonchev–Trinajstić information content (AvgIpc) is 2.33. The van der Waals surface area contributed by atoms with E-state index < -0.39 is 11.6 Å². The second-order valence-electron chi connectivity index (χ2n) is 3.61. The predicted octanol–water partition coefficient (Wildman–Crippen LogP) is 4.40. The minimum Gasteiger partial charge on any atom is -0.233 e. The van der Waals surface area contributed by atoms with Crippen LogP contribution < -0.4 is 0 Å². The van der Waals surface area contributed by atoms with Crippen molar-refractivity contribution >= 4 is 27.5 Å². The number of nitrogens with zero attached hydrogens (tertiary/aromatic N) is 2. The molecule has 0 aliphatic rings. The third-order valence-electron chi connectivity index (χ3n) is 2.36. The van der Waals surface area contributed by atoms with Crippen LogP contribution in [0.2, 0.25) is 5.15 Å². The summed E-state index contributed by atoms with van der Waals surface area (Å²) in [6, 6.07) is 3.68. The Morgan fingerprint density at radius 1 is 1.17 bits per heavy atom. The highest BCUT2D eigenvalue weighted by Crippen LogP contribution is 2.26. The van der Waals surface area contributed by atoms with E-state index in [9.17, 15) is 8.78 Å². The van der Waals surface area contributed by atoms with Crippen LogP contribution in [0.5, 0.6) is 0 Å². The summed E-state index contributed by atoms with van der Waals surface area (Å²) in [5.74, 6) is -1.09. The normalized spacial score (nSPS) is 10.7. The maximum atomic E-state index is 13.8. The zero-order valence-corrected chi connectivity index (χ0v) is 11.7. The van der Waals surface area contributed by atoms with Crippen LogP contribution in [0.1, 0.15) is 12.6 Å². The summed E-state index contributed by atoms with van der Waals surface area (Å²) >= 11 is 8.74. The molecule has 2 aromatic rings. The lowest BCUT2D eigenvalue weighted by molar-refractivity contribution is 0.596. The number of aryl methyl sites for hydroxylation is 1. The molecule has 0 aliphatic carbocycles. The fourth-order valence-electron chi connectivity index (χ4n) is 1.46. The van der Waals surface area contributed by atoms with E-state index >= 15 is 0 Å². The third kappa shape index (κ3) is 2.67. The van der Waals surface area contributed by atoms with Gasteiger partial charge in [0.2, 0.25) is 0 Å². The molecule has 0 fully saturated rings.